The van der Waals surface area contributed by atoms with Crippen LogP contribution in [0.5, 0.6) is 0 Å². The van der Waals surface area contributed by atoms with Gasteiger partial charge in [-0.2, -0.15) is 0 Å². The highest BCUT2D eigenvalue weighted by atomic mass is 16.5. The van der Waals surface area contributed by atoms with E-state index < -0.39 is 0 Å². The lowest BCUT2D eigenvalue weighted by atomic mass is 10.0. The van der Waals surface area contributed by atoms with E-state index in [1.807, 2.05) is 0 Å². The van der Waals surface area contributed by atoms with Crippen molar-refractivity contribution in [3.63, 3.8) is 0 Å². The molecule has 3 nitrogen and oxygen atoms in total. The lowest BCUT2D eigenvalue weighted by molar-refractivity contribution is 0.0681. The summed E-state index contributed by atoms with van der Waals surface area (Å²) in [5, 5.41) is 0. The Morgan fingerprint density at radius 2 is 2.12 bits per heavy atom. The van der Waals surface area contributed by atoms with Crippen molar-refractivity contribution in [1.29, 1.82) is 0 Å². The zero-order valence-corrected chi connectivity index (χ0v) is 10.4. The maximum Gasteiger partial charge on any atom is 0.0700 e. The molecule has 1 rings (SSSR count). The zero-order chi connectivity index (χ0) is 11.6. The standard InChI is InChI=1S/C13H25NO2/c1-15-10-11-16-9-8-13(14)12-6-4-2-3-5-7-12/h6,13H,2-5,7-11,14H2,1H3. The van der Waals surface area contributed by atoms with Gasteiger partial charge in [0.25, 0.3) is 0 Å². The molecule has 3 heteroatoms. The van der Waals surface area contributed by atoms with E-state index in [-0.39, 0.29) is 6.04 Å². The minimum Gasteiger partial charge on any atom is -0.382 e. The average molecular weight is 227 g/mol. The highest BCUT2D eigenvalue weighted by molar-refractivity contribution is 5.11. The van der Waals surface area contributed by atoms with Crippen molar-refractivity contribution >= 4 is 0 Å². The normalized spacial score (nSPS) is 19.0. The Hall–Kier alpha value is -0.380. The first-order valence-corrected chi connectivity index (χ1v) is 6.36. The Bertz CT molecular complexity index is 204. The van der Waals surface area contributed by atoms with Gasteiger partial charge in [-0.3, -0.25) is 0 Å². The Kier molecular flexibility index (Phi) is 7.47. The van der Waals surface area contributed by atoms with Crippen LogP contribution in [0.4, 0.5) is 0 Å². The summed E-state index contributed by atoms with van der Waals surface area (Å²) in [6.07, 6.45) is 9.61. The molecule has 2 N–H and O–H groups in total. The number of hydrogen-bond donors (Lipinski definition) is 1. The zero-order valence-electron chi connectivity index (χ0n) is 10.4. The van der Waals surface area contributed by atoms with Gasteiger partial charge < -0.3 is 15.2 Å². The summed E-state index contributed by atoms with van der Waals surface area (Å²) < 4.78 is 10.3. The highest BCUT2D eigenvalue weighted by Crippen LogP contribution is 2.20. The molecule has 1 aliphatic carbocycles. The first-order chi connectivity index (χ1) is 7.84. The lowest BCUT2D eigenvalue weighted by Crippen LogP contribution is -2.24. The Morgan fingerprint density at radius 3 is 2.94 bits per heavy atom. The second kappa shape index (κ2) is 8.74. The number of allylic oxidation sites excluding steroid dienone is 1. The number of ether oxygens (including phenoxy) is 2. The van der Waals surface area contributed by atoms with Crippen LogP contribution in [0.2, 0.25) is 0 Å². The van der Waals surface area contributed by atoms with Gasteiger partial charge in [0.1, 0.15) is 0 Å². The van der Waals surface area contributed by atoms with E-state index in [1.54, 1.807) is 7.11 Å². The van der Waals surface area contributed by atoms with Crippen LogP contribution >= 0.6 is 0 Å². The molecule has 0 aromatic heterocycles. The summed E-state index contributed by atoms with van der Waals surface area (Å²) in [5.41, 5.74) is 7.59. The van der Waals surface area contributed by atoms with Crippen molar-refractivity contribution in [2.75, 3.05) is 26.9 Å². The first-order valence-electron chi connectivity index (χ1n) is 6.36. The molecule has 0 spiro atoms. The third-order valence-electron chi connectivity index (χ3n) is 3.06. The second-order valence-electron chi connectivity index (χ2n) is 4.38. The van der Waals surface area contributed by atoms with Gasteiger partial charge in [0.2, 0.25) is 0 Å². The average Bonchev–Trinajstić information content (AvgIpc) is 2.57. The van der Waals surface area contributed by atoms with E-state index in [4.69, 9.17) is 15.2 Å². The maximum absolute atomic E-state index is 6.15. The van der Waals surface area contributed by atoms with Crippen molar-refractivity contribution in [3.05, 3.63) is 11.6 Å². The summed E-state index contributed by atoms with van der Waals surface area (Å²) in [7, 11) is 1.69. The van der Waals surface area contributed by atoms with Crippen molar-refractivity contribution in [2.24, 2.45) is 5.73 Å². The topological polar surface area (TPSA) is 44.5 Å². The predicted octanol–water partition coefficient (Wildman–Crippen LogP) is 2.26. The number of methoxy groups -OCH3 is 1. The molecule has 0 saturated carbocycles. The minimum atomic E-state index is 0.195. The first kappa shape index (κ1) is 13.7. The molecule has 0 saturated heterocycles. The van der Waals surface area contributed by atoms with Crippen LogP contribution in [0.3, 0.4) is 0 Å². The third-order valence-corrected chi connectivity index (χ3v) is 3.06. The maximum atomic E-state index is 6.15. The predicted molar refractivity (Wildman–Crippen MR) is 66.5 cm³/mol. The van der Waals surface area contributed by atoms with Crippen LogP contribution in [-0.4, -0.2) is 33.0 Å². The molecule has 1 unspecified atom stereocenters. The summed E-state index contributed by atoms with van der Waals surface area (Å²) >= 11 is 0. The van der Waals surface area contributed by atoms with E-state index in [1.165, 1.54) is 37.7 Å². The summed E-state index contributed by atoms with van der Waals surface area (Å²) in [6.45, 7) is 2.07. The van der Waals surface area contributed by atoms with Crippen LogP contribution in [0, 0.1) is 0 Å². The third kappa shape index (κ3) is 5.64. The van der Waals surface area contributed by atoms with Gasteiger partial charge in [-0.05, 0) is 32.1 Å². The molecular weight excluding hydrogens is 202 g/mol. The van der Waals surface area contributed by atoms with Crippen LogP contribution < -0.4 is 5.73 Å². The van der Waals surface area contributed by atoms with E-state index in [0.29, 0.717) is 13.2 Å². The van der Waals surface area contributed by atoms with Crippen LogP contribution in [0.15, 0.2) is 11.6 Å². The number of rotatable bonds is 7. The van der Waals surface area contributed by atoms with Gasteiger partial charge in [-0.25, -0.2) is 0 Å². The van der Waals surface area contributed by atoms with Gasteiger partial charge in [0, 0.05) is 19.8 Å². The van der Waals surface area contributed by atoms with Crippen LogP contribution in [0.1, 0.15) is 38.5 Å². The number of nitrogens with two attached hydrogens (primary N) is 1. The molecule has 0 amide bonds. The largest absolute Gasteiger partial charge is 0.382 e. The van der Waals surface area contributed by atoms with E-state index in [2.05, 4.69) is 6.08 Å². The lowest BCUT2D eigenvalue weighted by Gasteiger charge is -2.15. The molecule has 0 aromatic carbocycles. The molecule has 0 aromatic rings. The van der Waals surface area contributed by atoms with Crippen molar-refractivity contribution in [3.8, 4) is 0 Å². The Labute approximate surface area is 99.0 Å². The van der Waals surface area contributed by atoms with E-state index >= 15 is 0 Å². The molecule has 16 heavy (non-hydrogen) atoms. The Morgan fingerprint density at radius 1 is 1.25 bits per heavy atom. The smallest absolute Gasteiger partial charge is 0.0700 e. The molecule has 0 aliphatic heterocycles. The fourth-order valence-electron chi connectivity index (χ4n) is 2.02. The molecule has 0 fully saturated rings. The molecule has 1 aliphatic rings. The Balaban J connectivity index is 2.13. The quantitative estimate of drug-likeness (QED) is 0.536. The molecule has 0 heterocycles. The molecule has 0 bridgehead atoms. The highest BCUT2D eigenvalue weighted by Gasteiger charge is 2.10. The van der Waals surface area contributed by atoms with Gasteiger partial charge in [-0.15, -0.1) is 0 Å². The van der Waals surface area contributed by atoms with Gasteiger partial charge in [-0.1, -0.05) is 18.1 Å². The SMILES string of the molecule is COCCOCCC(N)C1=CCCCCC1. The number of hydrogen-bond acceptors (Lipinski definition) is 3. The minimum absolute atomic E-state index is 0.195. The molecule has 94 valence electrons. The summed E-state index contributed by atoms with van der Waals surface area (Å²) in [4.78, 5) is 0. The van der Waals surface area contributed by atoms with Crippen molar-refractivity contribution < 1.29 is 9.47 Å². The molecular formula is C13H25NO2. The van der Waals surface area contributed by atoms with Crippen LogP contribution in [-0.2, 0) is 9.47 Å². The molecule has 1 atom stereocenters. The summed E-state index contributed by atoms with van der Waals surface area (Å²) in [6, 6.07) is 0.195. The van der Waals surface area contributed by atoms with Gasteiger partial charge >= 0.3 is 0 Å². The fraction of sp³-hybridized carbons (Fsp3) is 0.846. The van der Waals surface area contributed by atoms with Crippen LogP contribution in [0.25, 0.3) is 0 Å². The fourth-order valence-corrected chi connectivity index (χ4v) is 2.02. The van der Waals surface area contributed by atoms with E-state index in [0.717, 1.165) is 13.0 Å². The van der Waals surface area contributed by atoms with Crippen molar-refractivity contribution in [1.82, 2.24) is 0 Å². The molecule has 0 radical (unpaired) electrons. The summed E-state index contributed by atoms with van der Waals surface area (Å²) in [5.74, 6) is 0. The van der Waals surface area contributed by atoms with Gasteiger partial charge in [0.15, 0.2) is 0 Å². The van der Waals surface area contributed by atoms with Crippen molar-refractivity contribution in [2.45, 2.75) is 44.6 Å². The second-order valence-corrected chi connectivity index (χ2v) is 4.38. The van der Waals surface area contributed by atoms with Gasteiger partial charge in [0.05, 0.1) is 13.2 Å². The monoisotopic (exact) mass is 227 g/mol. The van der Waals surface area contributed by atoms with E-state index in [9.17, 15) is 0 Å².